The molecule has 2 aliphatic rings. The average molecular weight is 267 g/mol. The summed E-state index contributed by atoms with van der Waals surface area (Å²) in [6.07, 6.45) is 4.20. The fraction of sp³-hybridized carbons (Fsp3) is 1.00. The van der Waals surface area contributed by atoms with Gasteiger partial charge >= 0.3 is 0 Å². The first kappa shape index (κ1) is 15.3. The molecule has 1 heterocycles. The first-order chi connectivity index (χ1) is 9.02. The van der Waals surface area contributed by atoms with Gasteiger partial charge in [-0.3, -0.25) is 4.90 Å². The first-order valence-corrected chi connectivity index (χ1v) is 8.17. The third-order valence-electron chi connectivity index (χ3n) is 5.42. The van der Waals surface area contributed by atoms with Crippen LogP contribution in [0.3, 0.4) is 0 Å². The van der Waals surface area contributed by atoms with Gasteiger partial charge < -0.3 is 10.6 Å². The Kier molecular flexibility index (Phi) is 5.27. The van der Waals surface area contributed by atoms with E-state index < -0.39 is 0 Å². The minimum atomic E-state index is 0.565. The maximum Gasteiger partial charge on any atom is 0.0349 e. The Morgan fingerprint density at radius 1 is 1.21 bits per heavy atom. The maximum absolute atomic E-state index is 6.05. The number of rotatable bonds is 3. The molecule has 1 saturated heterocycles. The molecule has 0 spiro atoms. The standard InChI is InChI=1S/C16H33N3/c1-12(2)15-6-5-13(3)9-16(15)19-8-7-18(4)11-14(19)10-17/h12-16H,5-11,17H2,1-4H3. The number of piperazine rings is 1. The Labute approximate surface area is 119 Å². The molecule has 4 unspecified atom stereocenters. The molecule has 0 amide bonds. The van der Waals surface area contributed by atoms with Crippen LogP contribution in [-0.4, -0.2) is 55.1 Å². The van der Waals surface area contributed by atoms with E-state index in [2.05, 4.69) is 37.6 Å². The van der Waals surface area contributed by atoms with Crippen LogP contribution in [0, 0.1) is 17.8 Å². The molecule has 4 atom stereocenters. The van der Waals surface area contributed by atoms with Crippen molar-refractivity contribution in [2.75, 3.05) is 33.2 Å². The van der Waals surface area contributed by atoms with Crippen molar-refractivity contribution in [3.05, 3.63) is 0 Å². The van der Waals surface area contributed by atoms with Gasteiger partial charge in [0.15, 0.2) is 0 Å². The molecule has 0 aromatic heterocycles. The van der Waals surface area contributed by atoms with Gasteiger partial charge in [-0.15, -0.1) is 0 Å². The zero-order chi connectivity index (χ0) is 14.0. The van der Waals surface area contributed by atoms with Crippen LogP contribution in [0.5, 0.6) is 0 Å². The van der Waals surface area contributed by atoms with Gasteiger partial charge in [-0.1, -0.05) is 27.2 Å². The summed E-state index contributed by atoms with van der Waals surface area (Å²) in [4.78, 5) is 5.20. The lowest BCUT2D eigenvalue weighted by molar-refractivity contribution is -0.00674. The summed E-state index contributed by atoms with van der Waals surface area (Å²) in [7, 11) is 2.23. The van der Waals surface area contributed by atoms with Crippen LogP contribution in [-0.2, 0) is 0 Å². The van der Waals surface area contributed by atoms with Crippen molar-refractivity contribution in [2.45, 2.75) is 52.1 Å². The summed E-state index contributed by atoms with van der Waals surface area (Å²) in [5, 5.41) is 0. The van der Waals surface area contributed by atoms with Gasteiger partial charge in [0.25, 0.3) is 0 Å². The van der Waals surface area contributed by atoms with E-state index in [9.17, 15) is 0 Å². The second-order valence-corrected chi connectivity index (χ2v) is 7.28. The monoisotopic (exact) mass is 267 g/mol. The Balaban J connectivity index is 2.11. The van der Waals surface area contributed by atoms with Gasteiger partial charge in [-0.2, -0.15) is 0 Å². The second-order valence-electron chi connectivity index (χ2n) is 7.28. The molecule has 1 aliphatic heterocycles. The van der Waals surface area contributed by atoms with Gasteiger partial charge in [0.2, 0.25) is 0 Å². The molecule has 2 rings (SSSR count). The lowest BCUT2D eigenvalue weighted by Gasteiger charge is -2.50. The summed E-state index contributed by atoms with van der Waals surface area (Å²) in [5.74, 6) is 2.56. The van der Waals surface area contributed by atoms with Crippen LogP contribution in [0.15, 0.2) is 0 Å². The fourth-order valence-corrected chi connectivity index (χ4v) is 4.20. The summed E-state index contributed by atoms with van der Waals surface area (Å²) >= 11 is 0. The molecule has 3 heteroatoms. The number of hydrogen-bond acceptors (Lipinski definition) is 3. The number of nitrogens with two attached hydrogens (primary N) is 1. The van der Waals surface area contributed by atoms with Gasteiger partial charge in [0, 0.05) is 38.3 Å². The van der Waals surface area contributed by atoms with Crippen molar-refractivity contribution in [1.82, 2.24) is 9.80 Å². The zero-order valence-electron chi connectivity index (χ0n) is 13.3. The summed E-state index contributed by atoms with van der Waals surface area (Å²) in [6, 6.07) is 1.33. The molecular weight excluding hydrogens is 234 g/mol. The van der Waals surface area contributed by atoms with Crippen molar-refractivity contribution in [3.8, 4) is 0 Å². The van der Waals surface area contributed by atoms with Crippen LogP contribution in [0.25, 0.3) is 0 Å². The van der Waals surface area contributed by atoms with Crippen molar-refractivity contribution in [2.24, 2.45) is 23.5 Å². The number of hydrogen-bond donors (Lipinski definition) is 1. The molecule has 1 aliphatic carbocycles. The van der Waals surface area contributed by atoms with E-state index in [4.69, 9.17) is 5.73 Å². The van der Waals surface area contributed by atoms with Crippen molar-refractivity contribution in [3.63, 3.8) is 0 Å². The van der Waals surface area contributed by atoms with Crippen LogP contribution in [0.4, 0.5) is 0 Å². The Bertz CT molecular complexity index is 279. The molecule has 0 aromatic carbocycles. The number of likely N-dealkylation sites (N-methyl/N-ethyl adjacent to an activating group) is 1. The minimum Gasteiger partial charge on any atom is -0.329 e. The van der Waals surface area contributed by atoms with E-state index in [1.807, 2.05) is 0 Å². The summed E-state index contributed by atoms with van der Waals surface area (Å²) in [6.45, 7) is 11.6. The highest BCUT2D eigenvalue weighted by atomic mass is 15.3. The van der Waals surface area contributed by atoms with Gasteiger partial charge in [0.1, 0.15) is 0 Å². The SMILES string of the molecule is CC1CCC(C(C)C)C(N2CCN(C)CC2CN)C1. The van der Waals surface area contributed by atoms with Crippen LogP contribution in [0.2, 0.25) is 0 Å². The quantitative estimate of drug-likeness (QED) is 0.849. The molecule has 1 saturated carbocycles. The normalized spacial score (nSPS) is 38.8. The molecule has 2 N–H and O–H groups in total. The Hall–Kier alpha value is -0.120. The van der Waals surface area contributed by atoms with Gasteiger partial charge in [-0.05, 0) is 37.6 Å². The maximum atomic E-state index is 6.05. The van der Waals surface area contributed by atoms with E-state index in [1.165, 1.54) is 32.4 Å². The average Bonchev–Trinajstić information content (AvgIpc) is 2.38. The van der Waals surface area contributed by atoms with Crippen LogP contribution < -0.4 is 5.73 Å². The van der Waals surface area contributed by atoms with E-state index in [0.29, 0.717) is 6.04 Å². The first-order valence-electron chi connectivity index (χ1n) is 8.17. The third kappa shape index (κ3) is 3.50. The highest BCUT2D eigenvalue weighted by Gasteiger charge is 2.38. The molecule has 0 radical (unpaired) electrons. The van der Waals surface area contributed by atoms with Crippen LogP contribution >= 0.6 is 0 Å². The molecule has 2 fully saturated rings. The van der Waals surface area contributed by atoms with E-state index >= 15 is 0 Å². The molecule has 112 valence electrons. The minimum absolute atomic E-state index is 0.565. The molecule has 3 nitrogen and oxygen atoms in total. The van der Waals surface area contributed by atoms with Gasteiger partial charge in [-0.25, -0.2) is 0 Å². The van der Waals surface area contributed by atoms with E-state index in [-0.39, 0.29) is 0 Å². The molecule has 0 bridgehead atoms. The molecular formula is C16H33N3. The number of nitrogens with zero attached hydrogens (tertiary/aromatic N) is 2. The second kappa shape index (κ2) is 6.55. The van der Waals surface area contributed by atoms with Gasteiger partial charge in [0.05, 0.1) is 0 Å². The smallest absolute Gasteiger partial charge is 0.0349 e. The van der Waals surface area contributed by atoms with Crippen LogP contribution in [0.1, 0.15) is 40.0 Å². The van der Waals surface area contributed by atoms with E-state index in [1.54, 1.807) is 0 Å². The zero-order valence-corrected chi connectivity index (χ0v) is 13.3. The van der Waals surface area contributed by atoms with Crippen molar-refractivity contribution < 1.29 is 0 Å². The summed E-state index contributed by atoms with van der Waals surface area (Å²) < 4.78 is 0. The largest absolute Gasteiger partial charge is 0.329 e. The topological polar surface area (TPSA) is 32.5 Å². The fourth-order valence-electron chi connectivity index (χ4n) is 4.20. The Morgan fingerprint density at radius 2 is 1.95 bits per heavy atom. The molecule has 0 aromatic rings. The third-order valence-corrected chi connectivity index (χ3v) is 5.42. The highest BCUT2D eigenvalue weighted by Crippen LogP contribution is 2.37. The predicted molar refractivity (Wildman–Crippen MR) is 82.2 cm³/mol. The Morgan fingerprint density at radius 3 is 2.58 bits per heavy atom. The van der Waals surface area contributed by atoms with Crippen molar-refractivity contribution >= 4 is 0 Å². The highest BCUT2D eigenvalue weighted by molar-refractivity contribution is 4.93. The van der Waals surface area contributed by atoms with Crippen molar-refractivity contribution in [1.29, 1.82) is 0 Å². The molecule has 19 heavy (non-hydrogen) atoms. The lowest BCUT2D eigenvalue weighted by Crippen LogP contribution is -2.60. The predicted octanol–water partition coefficient (Wildman–Crippen LogP) is 2.02. The van der Waals surface area contributed by atoms with E-state index in [0.717, 1.165) is 36.9 Å². The lowest BCUT2D eigenvalue weighted by atomic mass is 9.73. The summed E-state index contributed by atoms with van der Waals surface area (Å²) in [5.41, 5.74) is 6.05.